The topological polar surface area (TPSA) is 73.6 Å². The van der Waals surface area contributed by atoms with E-state index in [9.17, 15) is 4.79 Å². The van der Waals surface area contributed by atoms with Crippen molar-refractivity contribution in [2.24, 2.45) is 11.7 Å². The number of halogens is 1. The SMILES string of the molecule is C=CCc1ccc(OCC(=O)NC(C)(CN)CC(C)C)c(OC)c1.Cl. The fraction of sp³-hybridized carbons (Fsp3) is 0.526. The summed E-state index contributed by atoms with van der Waals surface area (Å²) in [5.41, 5.74) is 6.47. The molecule has 25 heavy (non-hydrogen) atoms. The van der Waals surface area contributed by atoms with E-state index in [-0.39, 0.29) is 24.9 Å². The largest absolute Gasteiger partial charge is 0.493 e. The third-order valence-electron chi connectivity index (χ3n) is 3.72. The number of hydrogen-bond acceptors (Lipinski definition) is 4. The van der Waals surface area contributed by atoms with Crippen LogP contribution in [-0.4, -0.2) is 31.7 Å². The van der Waals surface area contributed by atoms with Crippen LogP contribution >= 0.6 is 12.4 Å². The van der Waals surface area contributed by atoms with E-state index >= 15 is 0 Å². The molecule has 0 heterocycles. The van der Waals surface area contributed by atoms with Crippen LogP contribution in [-0.2, 0) is 11.2 Å². The maximum absolute atomic E-state index is 12.2. The Morgan fingerprint density at radius 3 is 2.60 bits per heavy atom. The number of nitrogens with one attached hydrogen (secondary N) is 1. The van der Waals surface area contributed by atoms with E-state index in [1.165, 1.54) is 0 Å². The first-order valence-corrected chi connectivity index (χ1v) is 8.25. The molecule has 0 aliphatic rings. The van der Waals surface area contributed by atoms with Gasteiger partial charge in [-0.25, -0.2) is 0 Å². The maximum Gasteiger partial charge on any atom is 0.258 e. The van der Waals surface area contributed by atoms with Gasteiger partial charge in [0.05, 0.1) is 7.11 Å². The van der Waals surface area contributed by atoms with Crippen LogP contribution in [0.1, 0.15) is 32.8 Å². The lowest BCUT2D eigenvalue weighted by Crippen LogP contribution is -2.53. The highest BCUT2D eigenvalue weighted by atomic mass is 35.5. The van der Waals surface area contributed by atoms with Gasteiger partial charge >= 0.3 is 0 Å². The Labute approximate surface area is 157 Å². The minimum Gasteiger partial charge on any atom is -0.493 e. The molecule has 1 unspecified atom stereocenters. The van der Waals surface area contributed by atoms with E-state index in [2.05, 4.69) is 25.7 Å². The van der Waals surface area contributed by atoms with Crippen molar-refractivity contribution in [3.8, 4) is 11.5 Å². The lowest BCUT2D eigenvalue weighted by atomic mass is 9.91. The Morgan fingerprint density at radius 1 is 1.40 bits per heavy atom. The van der Waals surface area contributed by atoms with Crippen LogP contribution in [0.3, 0.4) is 0 Å². The molecule has 1 aromatic carbocycles. The maximum atomic E-state index is 12.2. The number of methoxy groups -OCH3 is 1. The van der Waals surface area contributed by atoms with Gasteiger partial charge in [-0.1, -0.05) is 26.0 Å². The van der Waals surface area contributed by atoms with Crippen molar-refractivity contribution in [1.29, 1.82) is 0 Å². The lowest BCUT2D eigenvalue weighted by Gasteiger charge is -2.31. The molecule has 0 spiro atoms. The Bertz CT molecular complexity index is 564. The van der Waals surface area contributed by atoms with Crippen molar-refractivity contribution in [1.82, 2.24) is 5.32 Å². The molecule has 1 atom stereocenters. The highest BCUT2D eigenvalue weighted by molar-refractivity contribution is 5.85. The highest BCUT2D eigenvalue weighted by Crippen LogP contribution is 2.28. The summed E-state index contributed by atoms with van der Waals surface area (Å²) in [5.74, 6) is 1.39. The number of nitrogens with two attached hydrogens (primary N) is 1. The molecule has 0 saturated carbocycles. The number of hydrogen-bond donors (Lipinski definition) is 2. The predicted molar refractivity (Wildman–Crippen MR) is 105 cm³/mol. The molecular formula is C19H31ClN2O3. The summed E-state index contributed by atoms with van der Waals surface area (Å²) in [7, 11) is 1.58. The van der Waals surface area contributed by atoms with Crippen molar-refractivity contribution in [3.05, 3.63) is 36.4 Å². The molecule has 1 aromatic rings. The van der Waals surface area contributed by atoms with Gasteiger partial charge in [-0.05, 0) is 43.4 Å². The summed E-state index contributed by atoms with van der Waals surface area (Å²) < 4.78 is 10.9. The smallest absolute Gasteiger partial charge is 0.258 e. The minimum absolute atomic E-state index is 0. The Hall–Kier alpha value is -1.72. The second-order valence-electron chi connectivity index (χ2n) is 6.68. The fourth-order valence-corrected chi connectivity index (χ4v) is 2.73. The minimum atomic E-state index is -0.424. The van der Waals surface area contributed by atoms with Gasteiger partial charge in [-0.3, -0.25) is 4.79 Å². The second-order valence-corrected chi connectivity index (χ2v) is 6.68. The Kier molecular flexibility index (Phi) is 10.2. The molecule has 1 amide bonds. The number of carbonyl (C=O) groups excluding carboxylic acids is 1. The Balaban J connectivity index is 0.00000576. The van der Waals surface area contributed by atoms with Crippen molar-refractivity contribution in [2.45, 2.75) is 39.2 Å². The summed E-state index contributed by atoms with van der Waals surface area (Å²) >= 11 is 0. The van der Waals surface area contributed by atoms with Gasteiger partial charge in [-0.2, -0.15) is 0 Å². The number of ether oxygens (including phenoxy) is 2. The van der Waals surface area contributed by atoms with Gasteiger partial charge in [0.15, 0.2) is 18.1 Å². The van der Waals surface area contributed by atoms with E-state index in [4.69, 9.17) is 15.2 Å². The molecule has 5 nitrogen and oxygen atoms in total. The third-order valence-corrected chi connectivity index (χ3v) is 3.72. The van der Waals surface area contributed by atoms with Crippen LogP contribution in [0, 0.1) is 5.92 Å². The molecule has 0 aromatic heterocycles. The number of allylic oxidation sites excluding steroid dienone is 1. The quantitative estimate of drug-likeness (QED) is 0.620. The number of benzene rings is 1. The van der Waals surface area contributed by atoms with Crippen LogP contribution < -0.4 is 20.5 Å². The number of amides is 1. The van der Waals surface area contributed by atoms with E-state index in [1.54, 1.807) is 13.2 Å². The normalized spacial score (nSPS) is 12.7. The Morgan fingerprint density at radius 2 is 2.08 bits per heavy atom. The zero-order valence-corrected chi connectivity index (χ0v) is 16.4. The molecule has 0 aliphatic carbocycles. The molecule has 0 saturated heterocycles. The summed E-state index contributed by atoms with van der Waals surface area (Å²) in [6.45, 7) is 10.2. The average Bonchev–Trinajstić information content (AvgIpc) is 2.53. The van der Waals surface area contributed by atoms with Crippen LogP contribution in [0.15, 0.2) is 30.9 Å². The van der Waals surface area contributed by atoms with Crippen LogP contribution in [0.4, 0.5) is 0 Å². The van der Waals surface area contributed by atoms with Gasteiger partial charge in [0.2, 0.25) is 0 Å². The fourth-order valence-electron chi connectivity index (χ4n) is 2.73. The van der Waals surface area contributed by atoms with Crippen molar-refractivity contribution >= 4 is 18.3 Å². The average molecular weight is 371 g/mol. The monoisotopic (exact) mass is 370 g/mol. The highest BCUT2D eigenvalue weighted by Gasteiger charge is 2.26. The van der Waals surface area contributed by atoms with Gasteiger partial charge in [0.1, 0.15) is 0 Å². The summed E-state index contributed by atoms with van der Waals surface area (Å²) in [6, 6.07) is 5.62. The summed E-state index contributed by atoms with van der Waals surface area (Å²) in [4.78, 5) is 12.2. The zero-order valence-electron chi connectivity index (χ0n) is 15.6. The van der Waals surface area contributed by atoms with Gasteiger partial charge < -0.3 is 20.5 Å². The standard InChI is InChI=1S/C19H30N2O3.ClH/c1-6-7-15-8-9-16(17(10-15)23-5)24-12-18(22)21-19(4,13-20)11-14(2)3;/h6,8-10,14H,1,7,11-13,20H2,2-5H3,(H,21,22);1H. The number of rotatable bonds is 10. The molecule has 0 radical (unpaired) electrons. The molecule has 1 rings (SSSR count). The molecule has 142 valence electrons. The predicted octanol–water partition coefficient (Wildman–Crippen LogP) is 3.10. The van der Waals surface area contributed by atoms with Crippen molar-refractivity contribution in [3.63, 3.8) is 0 Å². The van der Waals surface area contributed by atoms with E-state index < -0.39 is 5.54 Å². The molecule has 3 N–H and O–H groups in total. The lowest BCUT2D eigenvalue weighted by molar-refractivity contribution is -0.125. The first-order valence-electron chi connectivity index (χ1n) is 8.25. The zero-order chi connectivity index (χ0) is 18.2. The molecule has 0 bridgehead atoms. The van der Waals surface area contributed by atoms with Gasteiger partial charge in [0.25, 0.3) is 5.91 Å². The third kappa shape index (κ3) is 7.80. The first-order chi connectivity index (χ1) is 11.3. The molecular weight excluding hydrogens is 340 g/mol. The first kappa shape index (κ1) is 23.3. The summed E-state index contributed by atoms with van der Waals surface area (Å²) in [5, 5.41) is 2.97. The van der Waals surface area contributed by atoms with Crippen LogP contribution in [0.2, 0.25) is 0 Å². The number of carbonyl (C=O) groups is 1. The van der Waals surface area contributed by atoms with Gasteiger partial charge in [0, 0.05) is 12.1 Å². The summed E-state index contributed by atoms with van der Waals surface area (Å²) in [6.07, 6.45) is 3.39. The van der Waals surface area contributed by atoms with Gasteiger partial charge in [-0.15, -0.1) is 19.0 Å². The van der Waals surface area contributed by atoms with Crippen molar-refractivity contribution < 1.29 is 14.3 Å². The second kappa shape index (κ2) is 11.0. The van der Waals surface area contributed by atoms with Crippen LogP contribution in [0.5, 0.6) is 11.5 Å². The van der Waals surface area contributed by atoms with Crippen LogP contribution in [0.25, 0.3) is 0 Å². The van der Waals surface area contributed by atoms with E-state index in [0.29, 0.717) is 24.0 Å². The molecule has 0 fully saturated rings. The van der Waals surface area contributed by atoms with Crippen molar-refractivity contribution in [2.75, 3.05) is 20.3 Å². The van der Waals surface area contributed by atoms with E-state index in [0.717, 1.165) is 18.4 Å². The molecule has 0 aliphatic heterocycles. The van der Waals surface area contributed by atoms with E-state index in [1.807, 2.05) is 25.1 Å². The molecule has 6 heteroatoms.